The van der Waals surface area contributed by atoms with Gasteiger partial charge in [-0.3, -0.25) is 9.59 Å². The van der Waals surface area contributed by atoms with Crippen LogP contribution < -0.4 is 5.32 Å². The maximum Gasteiger partial charge on any atom is 0.407 e. The Morgan fingerprint density at radius 2 is 1.66 bits per heavy atom. The summed E-state index contributed by atoms with van der Waals surface area (Å²) in [4.78, 5) is 39.2. The topological polar surface area (TPSA) is 95.9 Å². The Morgan fingerprint density at radius 3 is 2.23 bits per heavy atom. The lowest BCUT2D eigenvalue weighted by Crippen LogP contribution is -2.51. The van der Waals surface area contributed by atoms with E-state index in [0.717, 1.165) is 28.7 Å². The first-order valence-electron chi connectivity index (χ1n) is 12.3. The Morgan fingerprint density at radius 1 is 1.06 bits per heavy atom. The highest BCUT2D eigenvalue weighted by Crippen LogP contribution is 2.44. The van der Waals surface area contributed by atoms with E-state index in [1.807, 2.05) is 45.0 Å². The van der Waals surface area contributed by atoms with Gasteiger partial charge in [-0.1, -0.05) is 69.3 Å². The lowest BCUT2D eigenvalue weighted by Gasteiger charge is -2.32. The van der Waals surface area contributed by atoms with E-state index in [1.54, 1.807) is 4.90 Å². The average Bonchev–Trinajstić information content (AvgIpc) is 3.38. The molecule has 2 aliphatic rings. The number of fused-ring (bicyclic) bond motifs is 3. The van der Waals surface area contributed by atoms with Crippen LogP contribution in [0.2, 0.25) is 0 Å². The first-order valence-corrected chi connectivity index (χ1v) is 12.3. The Bertz CT molecular complexity index is 1060. The lowest BCUT2D eigenvalue weighted by atomic mass is 9.87. The maximum absolute atomic E-state index is 13.4. The molecule has 0 aromatic heterocycles. The summed E-state index contributed by atoms with van der Waals surface area (Å²) in [7, 11) is 0. The van der Waals surface area contributed by atoms with Gasteiger partial charge >= 0.3 is 12.1 Å². The van der Waals surface area contributed by atoms with Gasteiger partial charge in [0, 0.05) is 18.5 Å². The highest BCUT2D eigenvalue weighted by molar-refractivity contribution is 5.87. The third-order valence-electron chi connectivity index (χ3n) is 6.82. The summed E-state index contributed by atoms with van der Waals surface area (Å²) in [6, 6.07) is 15.1. The second-order valence-corrected chi connectivity index (χ2v) is 10.7. The summed E-state index contributed by atoms with van der Waals surface area (Å²) in [6.45, 7) is 6.69. The van der Waals surface area contributed by atoms with Crippen LogP contribution in [-0.4, -0.2) is 53.2 Å². The van der Waals surface area contributed by atoms with Gasteiger partial charge in [-0.25, -0.2) is 4.79 Å². The highest BCUT2D eigenvalue weighted by atomic mass is 16.5. The van der Waals surface area contributed by atoms with Crippen molar-refractivity contribution in [1.29, 1.82) is 0 Å². The summed E-state index contributed by atoms with van der Waals surface area (Å²) < 4.78 is 5.67. The van der Waals surface area contributed by atoms with E-state index in [0.29, 0.717) is 19.4 Å². The molecule has 2 atom stereocenters. The van der Waals surface area contributed by atoms with E-state index in [9.17, 15) is 19.5 Å². The minimum Gasteiger partial charge on any atom is -0.481 e. The molecule has 0 saturated carbocycles. The molecule has 2 aromatic rings. The predicted molar refractivity (Wildman–Crippen MR) is 133 cm³/mol. The second-order valence-electron chi connectivity index (χ2n) is 10.7. The molecule has 1 heterocycles. The van der Waals surface area contributed by atoms with Crippen molar-refractivity contribution in [2.24, 2.45) is 5.41 Å². The van der Waals surface area contributed by atoms with Crippen molar-refractivity contribution in [3.63, 3.8) is 0 Å². The van der Waals surface area contributed by atoms with Crippen molar-refractivity contribution < 1.29 is 24.2 Å². The van der Waals surface area contributed by atoms with Gasteiger partial charge in [-0.15, -0.1) is 0 Å². The number of carboxylic acids is 1. The number of nitrogens with zero attached hydrogens (tertiary/aromatic N) is 1. The number of amides is 2. The van der Waals surface area contributed by atoms with Crippen molar-refractivity contribution in [3.8, 4) is 11.1 Å². The van der Waals surface area contributed by atoms with Gasteiger partial charge in [0.15, 0.2) is 0 Å². The summed E-state index contributed by atoms with van der Waals surface area (Å²) in [5.74, 6) is -1.23. The number of carboxylic acid groups (broad SMARTS) is 1. The van der Waals surface area contributed by atoms with Crippen molar-refractivity contribution in [2.75, 3.05) is 13.2 Å². The fraction of sp³-hybridized carbons (Fsp3) is 0.464. The summed E-state index contributed by atoms with van der Waals surface area (Å²) >= 11 is 0. The molecule has 2 amide bonds. The zero-order valence-corrected chi connectivity index (χ0v) is 20.6. The molecule has 2 N–H and O–H groups in total. The summed E-state index contributed by atoms with van der Waals surface area (Å²) in [5.41, 5.74) is 4.32. The minimum atomic E-state index is -0.924. The molecule has 7 heteroatoms. The number of ether oxygens (including phenoxy) is 1. The standard InChI is InChI=1S/C28H34N2O5/c1-28(2,3)16-24(26(33)30-14-8-9-18(30)15-25(31)32)29-27(34)35-17-23-21-12-6-4-10-19(21)20-11-5-7-13-22(20)23/h4-7,10-13,18,23-24H,8-9,14-17H2,1-3H3,(H,29,34)(H,31,32). The molecule has 0 radical (unpaired) electrons. The number of likely N-dealkylation sites (tertiary alicyclic amines) is 1. The van der Waals surface area contributed by atoms with Gasteiger partial charge in [0.05, 0.1) is 6.42 Å². The number of benzene rings is 2. The van der Waals surface area contributed by atoms with Crippen LogP contribution in [0.5, 0.6) is 0 Å². The molecule has 2 aromatic carbocycles. The highest BCUT2D eigenvalue weighted by Gasteiger charge is 2.37. The van der Waals surface area contributed by atoms with Crippen LogP contribution in [0.4, 0.5) is 4.79 Å². The first kappa shape index (κ1) is 24.8. The number of aliphatic carboxylic acids is 1. The normalized spacial score (nSPS) is 18.0. The fourth-order valence-electron chi connectivity index (χ4n) is 5.33. The van der Waals surface area contributed by atoms with Crippen LogP contribution in [-0.2, 0) is 14.3 Å². The Kier molecular flexibility index (Phi) is 7.15. The van der Waals surface area contributed by atoms with E-state index in [-0.39, 0.29) is 36.3 Å². The molecule has 1 fully saturated rings. The molecule has 0 bridgehead atoms. The second kappa shape index (κ2) is 10.1. The Hall–Kier alpha value is -3.35. The van der Waals surface area contributed by atoms with Gasteiger partial charge in [0.25, 0.3) is 0 Å². The number of rotatable bonds is 7. The summed E-state index contributed by atoms with van der Waals surface area (Å²) in [6.07, 6.45) is 1.12. The van der Waals surface area contributed by atoms with E-state index in [1.165, 1.54) is 0 Å². The Labute approximate surface area is 206 Å². The van der Waals surface area contributed by atoms with Crippen LogP contribution in [0.1, 0.15) is 63.5 Å². The van der Waals surface area contributed by atoms with Crippen molar-refractivity contribution in [1.82, 2.24) is 10.2 Å². The first-order chi connectivity index (χ1) is 16.6. The van der Waals surface area contributed by atoms with E-state index < -0.39 is 18.1 Å². The molecule has 2 unspecified atom stereocenters. The van der Waals surface area contributed by atoms with Gasteiger partial charge in [-0.2, -0.15) is 0 Å². The molecule has 186 valence electrons. The molecule has 1 saturated heterocycles. The minimum absolute atomic E-state index is 0.0663. The number of carbonyl (C=O) groups excluding carboxylic acids is 2. The quantitative estimate of drug-likeness (QED) is 0.596. The van der Waals surface area contributed by atoms with E-state index in [2.05, 4.69) is 29.6 Å². The maximum atomic E-state index is 13.4. The van der Waals surface area contributed by atoms with Gasteiger partial charge in [-0.05, 0) is 46.9 Å². The molecule has 1 aliphatic carbocycles. The summed E-state index contributed by atoms with van der Waals surface area (Å²) in [5, 5.41) is 12.0. The van der Waals surface area contributed by atoms with Crippen LogP contribution >= 0.6 is 0 Å². The van der Waals surface area contributed by atoms with Crippen molar-refractivity contribution in [3.05, 3.63) is 59.7 Å². The van der Waals surface area contributed by atoms with Crippen molar-refractivity contribution >= 4 is 18.0 Å². The van der Waals surface area contributed by atoms with Gasteiger partial charge in [0.1, 0.15) is 12.6 Å². The van der Waals surface area contributed by atoms with Gasteiger partial charge < -0.3 is 20.1 Å². The molecule has 4 rings (SSSR count). The van der Waals surface area contributed by atoms with Crippen LogP contribution in [0.15, 0.2) is 48.5 Å². The lowest BCUT2D eigenvalue weighted by molar-refractivity contribution is -0.140. The van der Waals surface area contributed by atoms with Crippen LogP contribution in [0.25, 0.3) is 11.1 Å². The molecule has 1 aliphatic heterocycles. The molecule has 35 heavy (non-hydrogen) atoms. The number of carbonyl (C=O) groups is 3. The monoisotopic (exact) mass is 478 g/mol. The number of hydrogen-bond donors (Lipinski definition) is 2. The third kappa shape index (κ3) is 5.66. The fourth-order valence-corrected chi connectivity index (χ4v) is 5.33. The zero-order chi connectivity index (χ0) is 25.2. The molecule has 7 nitrogen and oxygen atoms in total. The zero-order valence-electron chi connectivity index (χ0n) is 20.6. The Balaban J connectivity index is 1.45. The number of alkyl carbamates (subject to hydrolysis) is 1. The molecular formula is C28H34N2O5. The van der Waals surface area contributed by atoms with E-state index in [4.69, 9.17) is 4.74 Å². The molecule has 0 spiro atoms. The van der Waals surface area contributed by atoms with Gasteiger partial charge in [0.2, 0.25) is 5.91 Å². The predicted octanol–water partition coefficient (Wildman–Crippen LogP) is 4.80. The van der Waals surface area contributed by atoms with E-state index >= 15 is 0 Å². The van der Waals surface area contributed by atoms with Crippen LogP contribution in [0.3, 0.4) is 0 Å². The smallest absolute Gasteiger partial charge is 0.407 e. The SMILES string of the molecule is CC(C)(C)CC(NC(=O)OCC1c2ccccc2-c2ccccc21)C(=O)N1CCCC1CC(=O)O. The average molecular weight is 479 g/mol. The number of hydrogen-bond acceptors (Lipinski definition) is 4. The largest absolute Gasteiger partial charge is 0.481 e. The molecular weight excluding hydrogens is 444 g/mol. The third-order valence-corrected chi connectivity index (χ3v) is 6.82. The number of nitrogens with one attached hydrogen (secondary N) is 1. The van der Waals surface area contributed by atoms with Crippen LogP contribution in [0, 0.1) is 5.41 Å². The van der Waals surface area contributed by atoms with Crippen molar-refractivity contribution in [2.45, 2.75) is 64.5 Å².